The normalized spacial score (nSPS) is 11.5. The van der Waals surface area contributed by atoms with Crippen molar-refractivity contribution in [2.24, 2.45) is 5.73 Å². The standard InChI is InChI=1S/C14H12BrF3N2O/c15-11-4-2-1-3-10(11)8-21-13-9(7-19)5-6-12(20-13)14(16,17)18/h1-6H,7-8,19H2. The van der Waals surface area contributed by atoms with Crippen molar-refractivity contribution in [3.8, 4) is 5.88 Å². The molecule has 0 unspecified atom stereocenters. The maximum atomic E-state index is 12.7. The Morgan fingerprint density at radius 2 is 1.81 bits per heavy atom. The van der Waals surface area contributed by atoms with E-state index in [9.17, 15) is 13.2 Å². The number of rotatable bonds is 4. The molecule has 0 bridgehead atoms. The Kier molecular flexibility index (Phi) is 4.84. The van der Waals surface area contributed by atoms with Crippen LogP contribution in [0.5, 0.6) is 5.88 Å². The number of halogens is 4. The average molecular weight is 361 g/mol. The lowest BCUT2D eigenvalue weighted by molar-refractivity contribution is -0.141. The van der Waals surface area contributed by atoms with Gasteiger partial charge in [-0.2, -0.15) is 13.2 Å². The van der Waals surface area contributed by atoms with Crippen LogP contribution in [-0.4, -0.2) is 4.98 Å². The van der Waals surface area contributed by atoms with Crippen LogP contribution >= 0.6 is 15.9 Å². The van der Waals surface area contributed by atoms with Crippen LogP contribution in [0, 0.1) is 0 Å². The number of ether oxygens (including phenoxy) is 1. The summed E-state index contributed by atoms with van der Waals surface area (Å²) in [7, 11) is 0. The number of nitrogens with zero attached hydrogens (tertiary/aromatic N) is 1. The molecule has 2 rings (SSSR count). The summed E-state index contributed by atoms with van der Waals surface area (Å²) in [6.45, 7) is 0.152. The van der Waals surface area contributed by atoms with Gasteiger partial charge >= 0.3 is 6.18 Å². The molecule has 0 radical (unpaired) electrons. The van der Waals surface area contributed by atoms with E-state index in [0.29, 0.717) is 5.56 Å². The van der Waals surface area contributed by atoms with Gasteiger partial charge in [-0.05, 0) is 12.1 Å². The number of aromatic nitrogens is 1. The fourth-order valence-electron chi connectivity index (χ4n) is 1.67. The molecular formula is C14H12BrF3N2O. The molecule has 112 valence electrons. The minimum absolute atomic E-state index is 0.0520. The first kappa shape index (κ1) is 15.8. The zero-order valence-electron chi connectivity index (χ0n) is 10.8. The second-order valence-electron chi connectivity index (χ2n) is 4.24. The molecule has 0 atom stereocenters. The van der Waals surface area contributed by atoms with Gasteiger partial charge in [-0.25, -0.2) is 4.98 Å². The third-order valence-corrected chi connectivity index (χ3v) is 3.55. The topological polar surface area (TPSA) is 48.1 Å². The Hall–Kier alpha value is -1.60. The molecule has 0 saturated heterocycles. The van der Waals surface area contributed by atoms with E-state index in [0.717, 1.165) is 16.1 Å². The Balaban J connectivity index is 2.24. The van der Waals surface area contributed by atoms with E-state index in [1.165, 1.54) is 6.07 Å². The molecule has 3 nitrogen and oxygen atoms in total. The van der Waals surface area contributed by atoms with Crippen molar-refractivity contribution >= 4 is 15.9 Å². The maximum Gasteiger partial charge on any atom is 0.433 e. The highest BCUT2D eigenvalue weighted by atomic mass is 79.9. The molecule has 1 heterocycles. The van der Waals surface area contributed by atoms with E-state index in [4.69, 9.17) is 10.5 Å². The van der Waals surface area contributed by atoms with Gasteiger partial charge in [0.15, 0.2) is 0 Å². The third kappa shape index (κ3) is 3.95. The van der Waals surface area contributed by atoms with Crippen LogP contribution in [0.1, 0.15) is 16.8 Å². The number of pyridine rings is 1. The van der Waals surface area contributed by atoms with E-state index in [2.05, 4.69) is 20.9 Å². The van der Waals surface area contributed by atoms with Gasteiger partial charge in [-0.1, -0.05) is 40.2 Å². The monoisotopic (exact) mass is 360 g/mol. The second kappa shape index (κ2) is 6.44. The van der Waals surface area contributed by atoms with E-state index in [1.807, 2.05) is 18.2 Å². The summed E-state index contributed by atoms with van der Waals surface area (Å²) in [5.74, 6) is -0.0944. The lowest BCUT2D eigenvalue weighted by Crippen LogP contribution is -2.12. The lowest BCUT2D eigenvalue weighted by Gasteiger charge is -2.13. The minimum atomic E-state index is -4.52. The molecule has 2 N–H and O–H groups in total. The number of nitrogens with two attached hydrogens (primary N) is 1. The first-order chi connectivity index (χ1) is 9.91. The quantitative estimate of drug-likeness (QED) is 0.899. The Morgan fingerprint density at radius 3 is 2.43 bits per heavy atom. The summed E-state index contributed by atoms with van der Waals surface area (Å²) in [6.07, 6.45) is -4.52. The van der Waals surface area contributed by atoms with Gasteiger partial charge in [0.1, 0.15) is 12.3 Å². The van der Waals surface area contributed by atoms with E-state index in [-0.39, 0.29) is 19.0 Å². The molecule has 21 heavy (non-hydrogen) atoms. The summed E-state index contributed by atoms with van der Waals surface area (Å²) in [6, 6.07) is 9.45. The first-order valence-corrected chi connectivity index (χ1v) is 6.84. The van der Waals surface area contributed by atoms with Crippen LogP contribution in [0.3, 0.4) is 0 Å². The first-order valence-electron chi connectivity index (χ1n) is 6.05. The summed E-state index contributed by atoms with van der Waals surface area (Å²) in [4.78, 5) is 3.52. The SMILES string of the molecule is NCc1ccc(C(F)(F)F)nc1OCc1ccccc1Br. The average Bonchev–Trinajstić information content (AvgIpc) is 2.45. The third-order valence-electron chi connectivity index (χ3n) is 2.77. The van der Waals surface area contributed by atoms with Gasteiger partial charge in [-0.15, -0.1) is 0 Å². The van der Waals surface area contributed by atoms with E-state index < -0.39 is 11.9 Å². The smallest absolute Gasteiger partial charge is 0.433 e. The summed E-state index contributed by atoms with van der Waals surface area (Å²) in [5.41, 5.74) is 5.73. The zero-order chi connectivity index (χ0) is 15.5. The highest BCUT2D eigenvalue weighted by molar-refractivity contribution is 9.10. The van der Waals surface area contributed by atoms with Crippen LogP contribution in [0.4, 0.5) is 13.2 Å². The van der Waals surface area contributed by atoms with Crippen LogP contribution < -0.4 is 10.5 Å². The minimum Gasteiger partial charge on any atom is -0.473 e. The molecule has 0 spiro atoms. The number of alkyl halides is 3. The van der Waals surface area contributed by atoms with Crippen molar-refractivity contribution in [2.45, 2.75) is 19.3 Å². The van der Waals surface area contributed by atoms with E-state index in [1.54, 1.807) is 6.07 Å². The second-order valence-corrected chi connectivity index (χ2v) is 5.10. The van der Waals surface area contributed by atoms with Gasteiger partial charge in [0.05, 0.1) is 0 Å². The molecule has 0 aliphatic heterocycles. The van der Waals surface area contributed by atoms with Crippen molar-refractivity contribution in [3.63, 3.8) is 0 Å². The molecule has 1 aromatic heterocycles. The van der Waals surface area contributed by atoms with Crippen LogP contribution in [-0.2, 0) is 19.3 Å². The van der Waals surface area contributed by atoms with Crippen LogP contribution in [0.15, 0.2) is 40.9 Å². The Labute approximate surface area is 128 Å². The molecule has 0 fully saturated rings. The lowest BCUT2D eigenvalue weighted by atomic mass is 10.2. The van der Waals surface area contributed by atoms with Crippen LogP contribution in [0.25, 0.3) is 0 Å². The highest BCUT2D eigenvalue weighted by Gasteiger charge is 2.33. The molecular weight excluding hydrogens is 349 g/mol. The molecule has 2 aromatic rings. The Bertz CT molecular complexity index is 632. The van der Waals surface area contributed by atoms with Crippen molar-refractivity contribution in [3.05, 3.63) is 57.7 Å². The fourth-order valence-corrected chi connectivity index (χ4v) is 2.07. The molecule has 0 aliphatic carbocycles. The molecule has 1 aromatic carbocycles. The predicted molar refractivity (Wildman–Crippen MR) is 75.6 cm³/mol. The van der Waals surface area contributed by atoms with Gasteiger partial charge in [0, 0.05) is 22.1 Å². The number of hydrogen-bond acceptors (Lipinski definition) is 3. The van der Waals surface area contributed by atoms with Crippen molar-refractivity contribution in [1.29, 1.82) is 0 Å². The van der Waals surface area contributed by atoms with Crippen LogP contribution in [0.2, 0.25) is 0 Å². The van der Waals surface area contributed by atoms with Gasteiger partial charge in [0.25, 0.3) is 0 Å². The Morgan fingerprint density at radius 1 is 1.10 bits per heavy atom. The van der Waals surface area contributed by atoms with Gasteiger partial charge in [0.2, 0.25) is 5.88 Å². The summed E-state index contributed by atoms with van der Waals surface area (Å²) < 4.78 is 44.2. The van der Waals surface area contributed by atoms with Gasteiger partial charge < -0.3 is 10.5 Å². The molecule has 0 aliphatic rings. The van der Waals surface area contributed by atoms with E-state index >= 15 is 0 Å². The van der Waals surface area contributed by atoms with Gasteiger partial charge in [-0.3, -0.25) is 0 Å². The molecule has 0 amide bonds. The van der Waals surface area contributed by atoms with Crippen molar-refractivity contribution in [2.75, 3.05) is 0 Å². The highest BCUT2D eigenvalue weighted by Crippen LogP contribution is 2.30. The maximum absolute atomic E-state index is 12.7. The zero-order valence-corrected chi connectivity index (χ0v) is 12.4. The van der Waals surface area contributed by atoms with Crippen molar-refractivity contribution in [1.82, 2.24) is 4.98 Å². The predicted octanol–water partition coefficient (Wildman–Crippen LogP) is 3.90. The number of hydrogen-bond donors (Lipinski definition) is 1. The summed E-state index contributed by atoms with van der Waals surface area (Å²) in [5, 5.41) is 0. The molecule has 0 saturated carbocycles. The van der Waals surface area contributed by atoms with Crippen molar-refractivity contribution < 1.29 is 17.9 Å². The largest absolute Gasteiger partial charge is 0.473 e. The summed E-state index contributed by atoms with van der Waals surface area (Å²) >= 11 is 3.35. The number of benzene rings is 1. The fraction of sp³-hybridized carbons (Fsp3) is 0.214. The molecule has 7 heteroatoms.